The molecule has 1 fully saturated rings. The Bertz CT molecular complexity index is 778. The molecule has 1 N–H and O–H groups in total. The number of amides is 1. The molecule has 0 aliphatic carbocycles. The van der Waals surface area contributed by atoms with Crippen molar-refractivity contribution in [1.82, 2.24) is 10.2 Å². The maximum Gasteiger partial charge on any atom is 0.410 e. The second-order valence-electron chi connectivity index (χ2n) is 7.79. The van der Waals surface area contributed by atoms with Crippen LogP contribution < -0.4 is 10.1 Å². The molecule has 2 aromatic carbocycles. The van der Waals surface area contributed by atoms with Crippen LogP contribution in [0.15, 0.2) is 53.0 Å². The van der Waals surface area contributed by atoms with Gasteiger partial charge in [0.05, 0.1) is 6.61 Å². The summed E-state index contributed by atoms with van der Waals surface area (Å²) in [7, 11) is 0. The third kappa shape index (κ3) is 6.75. The van der Waals surface area contributed by atoms with Crippen LogP contribution >= 0.6 is 15.9 Å². The standard InChI is InChI=1S/C23H29BrN2O3/c1-17(2)16-28-23(27)26-13-3-4-20(26)15-25-14-18-5-9-21(10-6-18)29-22-11-7-19(24)8-12-22/h5-12,17,20,25H,3-4,13-16H2,1-2H3. The highest BCUT2D eigenvalue weighted by Crippen LogP contribution is 2.23. The topological polar surface area (TPSA) is 50.8 Å². The zero-order valence-electron chi connectivity index (χ0n) is 17.1. The first-order valence-corrected chi connectivity index (χ1v) is 11.0. The van der Waals surface area contributed by atoms with Gasteiger partial charge in [-0.2, -0.15) is 0 Å². The van der Waals surface area contributed by atoms with Crippen LogP contribution in [0.5, 0.6) is 11.5 Å². The summed E-state index contributed by atoms with van der Waals surface area (Å²) in [6, 6.07) is 16.0. The lowest BCUT2D eigenvalue weighted by atomic mass is 10.2. The summed E-state index contributed by atoms with van der Waals surface area (Å²) >= 11 is 3.42. The minimum atomic E-state index is -0.183. The maximum absolute atomic E-state index is 12.3. The molecule has 1 atom stereocenters. The van der Waals surface area contributed by atoms with Gasteiger partial charge in [-0.3, -0.25) is 0 Å². The Morgan fingerprint density at radius 3 is 2.45 bits per heavy atom. The van der Waals surface area contributed by atoms with E-state index in [4.69, 9.17) is 9.47 Å². The molecule has 0 aromatic heterocycles. The van der Waals surface area contributed by atoms with Crippen molar-refractivity contribution in [3.05, 3.63) is 58.6 Å². The van der Waals surface area contributed by atoms with Gasteiger partial charge in [-0.25, -0.2) is 4.79 Å². The van der Waals surface area contributed by atoms with Crippen molar-refractivity contribution in [1.29, 1.82) is 0 Å². The van der Waals surface area contributed by atoms with Crippen LogP contribution in [0.3, 0.4) is 0 Å². The molecule has 3 rings (SSSR count). The number of carbonyl (C=O) groups excluding carboxylic acids is 1. The third-order valence-electron chi connectivity index (χ3n) is 4.83. The number of carbonyl (C=O) groups is 1. The van der Waals surface area contributed by atoms with E-state index in [1.807, 2.05) is 55.1 Å². The lowest BCUT2D eigenvalue weighted by molar-refractivity contribution is 0.0879. The molecule has 1 amide bonds. The smallest absolute Gasteiger partial charge is 0.410 e. The quantitative estimate of drug-likeness (QED) is 0.557. The predicted molar refractivity (Wildman–Crippen MR) is 118 cm³/mol. The predicted octanol–water partition coefficient (Wildman–Crippen LogP) is 5.59. The number of benzene rings is 2. The molecule has 1 saturated heterocycles. The molecule has 0 saturated carbocycles. The van der Waals surface area contributed by atoms with Gasteiger partial charge in [-0.15, -0.1) is 0 Å². The molecule has 0 spiro atoms. The summed E-state index contributed by atoms with van der Waals surface area (Å²) < 4.78 is 12.3. The molecular formula is C23H29BrN2O3. The molecule has 0 radical (unpaired) electrons. The summed E-state index contributed by atoms with van der Waals surface area (Å²) in [4.78, 5) is 14.1. The molecule has 2 aromatic rings. The van der Waals surface area contributed by atoms with Gasteiger partial charge in [-0.1, -0.05) is 41.9 Å². The zero-order valence-corrected chi connectivity index (χ0v) is 18.7. The first kappa shape index (κ1) is 21.7. The second-order valence-corrected chi connectivity index (χ2v) is 8.71. The van der Waals surface area contributed by atoms with E-state index in [0.717, 1.165) is 48.4 Å². The monoisotopic (exact) mass is 460 g/mol. The van der Waals surface area contributed by atoms with Crippen molar-refractivity contribution in [2.75, 3.05) is 19.7 Å². The van der Waals surface area contributed by atoms with E-state index in [1.54, 1.807) is 0 Å². The molecule has 0 bridgehead atoms. The van der Waals surface area contributed by atoms with Crippen LogP contribution in [-0.2, 0) is 11.3 Å². The summed E-state index contributed by atoms with van der Waals surface area (Å²) in [5, 5.41) is 3.47. The van der Waals surface area contributed by atoms with E-state index in [-0.39, 0.29) is 12.1 Å². The van der Waals surface area contributed by atoms with Crippen molar-refractivity contribution >= 4 is 22.0 Å². The van der Waals surface area contributed by atoms with Crippen LogP contribution in [0.25, 0.3) is 0 Å². The van der Waals surface area contributed by atoms with E-state index in [0.29, 0.717) is 12.5 Å². The van der Waals surface area contributed by atoms with Gasteiger partial charge in [0.1, 0.15) is 11.5 Å². The van der Waals surface area contributed by atoms with E-state index in [2.05, 4.69) is 33.4 Å². The third-order valence-corrected chi connectivity index (χ3v) is 5.36. The normalized spacial score (nSPS) is 16.3. The molecule has 1 unspecified atom stereocenters. The molecule has 1 aliphatic rings. The fourth-order valence-electron chi connectivity index (χ4n) is 3.31. The van der Waals surface area contributed by atoms with Crippen LogP contribution in [0.1, 0.15) is 32.3 Å². The molecule has 5 nitrogen and oxygen atoms in total. The summed E-state index contributed by atoms with van der Waals surface area (Å²) in [5.74, 6) is 1.98. The fraction of sp³-hybridized carbons (Fsp3) is 0.435. The van der Waals surface area contributed by atoms with Gasteiger partial charge < -0.3 is 19.7 Å². The van der Waals surface area contributed by atoms with Gasteiger partial charge >= 0.3 is 6.09 Å². The van der Waals surface area contributed by atoms with Crippen LogP contribution in [0.4, 0.5) is 4.79 Å². The average Bonchev–Trinajstić information content (AvgIpc) is 3.18. The number of nitrogens with one attached hydrogen (secondary N) is 1. The van der Waals surface area contributed by atoms with Crippen molar-refractivity contribution in [3.63, 3.8) is 0 Å². The minimum Gasteiger partial charge on any atom is -0.457 e. The summed E-state index contributed by atoms with van der Waals surface area (Å²) in [6.45, 7) is 6.88. The number of likely N-dealkylation sites (tertiary alicyclic amines) is 1. The lowest BCUT2D eigenvalue weighted by Crippen LogP contribution is -2.42. The number of nitrogens with zero attached hydrogens (tertiary/aromatic N) is 1. The van der Waals surface area contributed by atoms with Gasteiger partial charge in [-0.05, 0) is 60.7 Å². The molecule has 1 heterocycles. The number of rotatable bonds is 8. The van der Waals surface area contributed by atoms with E-state index < -0.39 is 0 Å². The highest BCUT2D eigenvalue weighted by molar-refractivity contribution is 9.10. The Morgan fingerprint density at radius 2 is 1.79 bits per heavy atom. The first-order valence-electron chi connectivity index (χ1n) is 10.2. The average molecular weight is 461 g/mol. The number of hydrogen-bond acceptors (Lipinski definition) is 4. The van der Waals surface area contributed by atoms with Crippen molar-refractivity contribution in [2.24, 2.45) is 5.92 Å². The van der Waals surface area contributed by atoms with Crippen LogP contribution in [0.2, 0.25) is 0 Å². The highest BCUT2D eigenvalue weighted by atomic mass is 79.9. The molecule has 29 heavy (non-hydrogen) atoms. The minimum absolute atomic E-state index is 0.183. The maximum atomic E-state index is 12.3. The van der Waals surface area contributed by atoms with Gasteiger partial charge in [0.2, 0.25) is 0 Å². The van der Waals surface area contributed by atoms with E-state index in [1.165, 1.54) is 5.56 Å². The van der Waals surface area contributed by atoms with Crippen molar-refractivity contribution < 1.29 is 14.3 Å². The van der Waals surface area contributed by atoms with Gasteiger partial charge in [0, 0.05) is 30.1 Å². The second kappa shape index (κ2) is 10.6. The number of halogens is 1. The number of hydrogen-bond donors (Lipinski definition) is 1. The molecular weight excluding hydrogens is 432 g/mol. The zero-order chi connectivity index (χ0) is 20.6. The van der Waals surface area contributed by atoms with Crippen molar-refractivity contribution in [3.8, 4) is 11.5 Å². The van der Waals surface area contributed by atoms with Crippen LogP contribution in [-0.4, -0.2) is 36.7 Å². The highest BCUT2D eigenvalue weighted by Gasteiger charge is 2.29. The molecule has 1 aliphatic heterocycles. The van der Waals surface area contributed by atoms with Gasteiger partial charge in [0.25, 0.3) is 0 Å². The Labute approximate surface area is 181 Å². The Hall–Kier alpha value is -2.05. The largest absolute Gasteiger partial charge is 0.457 e. The Kier molecular flexibility index (Phi) is 7.95. The lowest BCUT2D eigenvalue weighted by Gasteiger charge is -2.24. The number of ether oxygens (including phenoxy) is 2. The first-order chi connectivity index (χ1) is 14.0. The van der Waals surface area contributed by atoms with Crippen LogP contribution in [0, 0.1) is 5.92 Å². The summed E-state index contributed by atoms with van der Waals surface area (Å²) in [6.07, 6.45) is 1.87. The fourth-order valence-corrected chi connectivity index (χ4v) is 3.57. The molecule has 156 valence electrons. The molecule has 6 heteroatoms. The van der Waals surface area contributed by atoms with E-state index in [9.17, 15) is 4.79 Å². The Balaban J connectivity index is 1.44. The SMILES string of the molecule is CC(C)COC(=O)N1CCCC1CNCc1ccc(Oc2ccc(Br)cc2)cc1. The Morgan fingerprint density at radius 1 is 1.14 bits per heavy atom. The van der Waals surface area contributed by atoms with E-state index >= 15 is 0 Å². The van der Waals surface area contributed by atoms with Gasteiger partial charge in [0.15, 0.2) is 0 Å². The van der Waals surface area contributed by atoms with Crippen molar-refractivity contribution in [2.45, 2.75) is 39.3 Å². The summed E-state index contributed by atoms with van der Waals surface area (Å²) in [5.41, 5.74) is 1.18.